The standard InChI is InChI=1S/C24H25ClN2O4/c1-4-30-23-21(25)12-19(13-22(23)29-3)24(28)27-16(2)18-7-9-20(10-8-18)31-15-17-6-5-11-26-14-17/h5-14,16H,4,15H2,1-3H3,(H,27,28). The fourth-order valence-electron chi connectivity index (χ4n) is 3.00. The van der Waals surface area contributed by atoms with Crippen LogP contribution >= 0.6 is 11.6 Å². The number of ether oxygens (including phenoxy) is 3. The monoisotopic (exact) mass is 440 g/mol. The van der Waals surface area contributed by atoms with Crippen molar-refractivity contribution in [3.8, 4) is 17.2 Å². The zero-order chi connectivity index (χ0) is 22.2. The van der Waals surface area contributed by atoms with Gasteiger partial charge in [-0.05, 0) is 49.7 Å². The molecule has 3 aromatic rings. The van der Waals surface area contributed by atoms with Gasteiger partial charge in [-0.15, -0.1) is 0 Å². The molecule has 31 heavy (non-hydrogen) atoms. The van der Waals surface area contributed by atoms with Crippen LogP contribution in [0, 0.1) is 0 Å². The molecule has 0 bridgehead atoms. The third-order valence-corrected chi connectivity index (χ3v) is 4.92. The Bertz CT molecular complexity index is 1010. The maximum absolute atomic E-state index is 12.7. The number of amides is 1. The minimum atomic E-state index is -0.257. The van der Waals surface area contributed by atoms with Crippen LogP contribution in [0.3, 0.4) is 0 Å². The largest absolute Gasteiger partial charge is 0.493 e. The van der Waals surface area contributed by atoms with Gasteiger partial charge in [-0.2, -0.15) is 0 Å². The van der Waals surface area contributed by atoms with Gasteiger partial charge in [0, 0.05) is 23.5 Å². The number of aromatic nitrogens is 1. The van der Waals surface area contributed by atoms with Crippen molar-refractivity contribution in [1.29, 1.82) is 0 Å². The molecule has 162 valence electrons. The van der Waals surface area contributed by atoms with E-state index in [9.17, 15) is 4.79 Å². The quantitative estimate of drug-likeness (QED) is 0.494. The number of carbonyl (C=O) groups is 1. The molecule has 7 heteroatoms. The normalized spacial score (nSPS) is 11.5. The second kappa shape index (κ2) is 10.7. The van der Waals surface area contributed by atoms with E-state index < -0.39 is 0 Å². The van der Waals surface area contributed by atoms with Gasteiger partial charge in [-0.1, -0.05) is 29.8 Å². The molecule has 0 radical (unpaired) electrons. The molecule has 0 aliphatic carbocycles. The van der Waals surface area contributed by atoms with E-state index in [1.165, 1.54) is 7.11 Å². The molecule has 0 saturated heterocycles. The molecule has 0 saturated carbocycles. The van der Waals surface area contributed by atoms with Crippen molar-refractivity contribution in [2.45, 2.75) is 26.5 Å². The van der Waals surface area contributed by atoms with E-state index in [1.54, 1.807) is 24.5 Å². The zero-order valence-corrected chi connectivity index (χ0v) is 18.5. The maximum atomic E-state index is 12.7. The Balaban J connectivity index is 1.63. The first kappa shape index (κ1) is 22.4. The van der Waals surface area contributed by atoms with Gasteiger partial charge in [0.2, 0.25) is 0 Å². The van der Waals surface area contributed by atoms with Crippen molar-refractivity contribution < 1.29 is 19.0 Å². The predicted octanol–water partition coefficient (Wildman–Crippen LogP) is 5.21. The minimum Gasteiger partial charge on any atom is -0.493 e. The molecule has 1 heterocycles. The molecule has 1 atom stereocenters. The molecular formula is C24H25ClN2O4. The van der Waals surface area contributed by atoms with E-state index in [0.29, 0.717) is 35.3 Å². The summed E-state index contributed by atoms with van der Waals surface area (Å²) in [5.41, 5.74) is 2.34. The Morgan fingerprint density at radius 1 is 1.16 bits per heavy atom. The van der Waals surface area contributed by atoms with Gasteiger partial charge in [-0.3, -0.25) is 9.78 Å². The fourth-order valence-corrected chi connectivity index (χ4v) is 3.27. The van der Waals surface area contributed by atoms with Gasteiger partial charge in [0.15, 0.2) is 11.5 Å². The third kappa shape index (κ3) is 5.89. The summed E-state index contributed by atoms with van der Waals surface area (Å²) in [7, 11) is 1.51. The van der Waals surface area contributed by atoms with Crippen molar-refractivity contribution >= 4 is 17.5 Å². The molecule has 1 N–H and O–H groups in total. The van der Waals surface area contributed by atoms with Crippen LogP contribution in [0.5, 0.6) is 17.2 Å². The second-order valence-electron chi connectivity index (χ2n) is 6.84. The van der Waals surface area contributed by atoms with Crippen molar-refractivity contribution in [3.63, 3.8) is 0 Å². The molecule has 1 amide bonds. The lowest BCUT2D eigenvalue weighted by Gasteiger charge is -2.17. The first-order valence-electron chi connectivity index (χ1n) is 9.94. The molecule has 1 unspecified atom stereocenters. The fraction of sp³-hybridized carbons (Fsp3) is 0.250. The highest BCUT2D eigenvalue weighted by molar-refractivity contribution is 6.32. The highest BCUT2D eigenvalue weighted by Gasteiger charge is 2.17. The molecule has 0 aliphatic rings. The highest BCUT2D eigenvalue weighted by Crippen LogP contribution is 2.36. The van der Waals surface area contributed by atoms with Crippen molar-refractivity contribution in [2.75, 3.05) is 13.7 Å². The summed E-state index contributed by atoms with van der Waals surface area (Å²) in [6, 6.07) is 14.4. The first-order valence-corrected chi connectivity index (χ1v) is 10.3. The Labute approximate surface area is 187 Å². The molecule has 3 rings (SSSR count). The predicted molar refractivity (Wildman–Crippen MR) is 120 cm³/mol. The van der Waals surface area contributed by atoms with Crippen LogP contribution in [0.15, 0.2) is 60.9 Å². The Kier molecular flexibility index (Phi) is 7.73. The smallest absolute Gasteiger partial charge is 0.251 e. The molecule has 2 aromatic carbocycles. The summed E-state index contributed by atoms with van der Waals surface area (Å²) in [5.74, 6) is 1.34. The van der Waals surface area contributed by atoms with Crippen LogP contribution < -0.4 is 19.5 Å². The number of hydrogen-bond donors (Lipinski definition) is 1. The van der Waals surface area contributed by atoms with E-state index in [-0.39, 0.29) is 11.9 Å². The van der Waals surface area contributed by atoms with Gasteiger partial charge >= 0.3 is 0 Å². The van der Waals surface area contributed by atoms with Gasteiger partial charge in [0.05, 0.1) is 24.8 Å². The Hall–Kier alpha value is -3.25. The number of pyridine rings is 1. The van der Waals surface area contributed by atoms with Crippen molar-refractivity contribution in [3.05, 3.63) is 82.6 Å². The summed E-state index contributed by atoms with van der Waals surface area (Å²) >= 11 is 6.28. The van der Waals surface area contributed by atoms with Crippen LogP contribution in [0.2, 0.25) is 5.02 Å². The third-order valence-electron chi connectivity index (χ3n) is 4.64. The molecular weight excluding hydrogens is 416 g/mol. The minimum absolute atomic E-state index is 0.212. The van der Waals surface area contributed by atoms with Crippen LogP contribution in [-0.4, -0.2) is 24.6 Å². The molecule has 0 spiro atoms. The molecule has 0 aliphatic heterocycles. The Morgan fingerprint density at radius 3 is 2.58 bits per heavy atom. The van der Waals surface area contributed by atoms with Crippen LogP contribution in [0.1, 0.15) is 41.4 Å². The lowest BCUT2D eigenvalue weighted by atomic mass is 10.1. The summed E-state index contributed by atoms with van der Waals surface area (Å²) < 4.78 is 16.6. The maximum Gasteiger partial charge on any atom is 0.251 e. The van der Waals surface area contributed by atoms with Crippen LogP contribution in [0.4, 0.5) is 0 Å². The average molecular weight is 441 g/mol. The molecule has 0 fully saturated rings. The number of nitrogens with one attached hydrogen (secondary N) is 1. The lowest BCUT2D eigenvalue weighted by Crippen LogP contribution is -2.26. The average Bonchev–Trinajstić information content (AvgIpc) is 2.79. The number of benzene rings is 2. The van der Waals surface area contributed by atoms with E-state index in [0.717, 1.165) is 16.9 Å². The summed E-state index contributed by atoms with van der Waals surface area (Å²) in [5, 5.41) is 3.30. The number of hydrogen-bond acceptors (Lipinski definition) is 5. The lowest BCUT2D eigenvalue weighted by molar-refractivity contribution is 0.0939. The van der Waals surface area contributed by atoms with Gasteiger partial charge in [-0.25, -0.2) is 0 Å². The van der Waals surface area contributed by atoms with E-state index in [4.69, 9.17) is 25.8 Å². The van der Waals surface area contributed by atoms with Gasteiger partial charge in [0.25, 0.3) is 5.91 Å². The van der Waals surface area contributed by atoms with Crippen LogP contribution in [-0.2, 0) is 6.61 Å². The zero-order valence-electron chi connectivity index (χ0n) is 17.7. The van der Waals surface area contributed by atoms with Crippen molar-refractivity contribution in [2.24, 2.45) is 0 Å². The van der Waals surface area contributed by atoms with E-state index >= 15 is 0 Å². The van der Waals surface area contributed by atoms with Gasteiger partial charge in [0.1, 0.15) is 12.4 Å². The number of carbonyl (C=O) groups excluding carboxylic acids is 1. The van der Waals surface area contributed by atoms with E-state index in [1.807, 2.05) is 50.2 Å². The number of methoxy groups -OCH3 is 1. The summed E-state index contributed by atoms with van der Waals surface area (Å²) in [6.45, 7) is 4.66. The molecule has 1 aromatic heterocycles. The van der Waals surface area contributed by atoms with Crippen molar-refractivity contribution in [1.82, 2.24) is 10.3 Å². The van der Waals surface area contributed by atoms with Crippen LogP contribution in [0.25, 0.3) is 0 Å². The highest BCUT2D eigenvalue weighted by atomic mass is 35.5. The SMILES string of the molecule is CCOc1c(Cl)cc(C(=O)NC(C)c2ccc(OCc3cccnc3)cc2)cc1OC. The number of nitrogens with zero attached hydrogens (tertiary/aromatic N) is 1. The number of rotatable bonds is 9. The van der Waals surface area contributed by atoms with E-state index in [2.05, 4.69) is 10.3 Å². The summed E-state index contributed by atoms with van der Waals surface area (Å²) in [6.07, 6.45) is 3.50. The van der Waals surface area contributed by atoms with Gasteiger partial charge < -0.3 is 19.5 Å². The first-order chi connectivity index (χ1) is 15.0. The topological polar surface area (TPSA) is 69.7 Å². The second-order valence-corrected chi connectivity index (χ2v) is 7.24. The number of halogens is 1. The Morgan fingerprint density at radius 2 is 1.94 bits per heavy atom. The molecule has 6 nitrogen and oxygen atoms in total. The summed E-state index contributed by atoms with van der Waals surface area (Å²) in [4.78, 5) is 16.8.